The molecule has 0 bridgehead atoms. The molecule has 0 saturated carbocycles. The van der Waals surface area contributed by atoms with Crippen LogP contribution in [0.1, 0.15) is 5.69 Å². The zero-order chi connectivity index (χ0) is 14.8. The smallest absolute Gasteiger partial charge is 0.122 e. The summed E-state index contributed by atoms with van der Waals surface area (Å²) < 4.78 is 1.07. The van der Waals surface area contributed by atoms with Crippen LogP contribution in [0.2, 0.25) is 0 Å². The Bertz CT molecular complexity index is 833. The number of hydrogen-bond acceptors (Lipinski definition) is 3. The quantitative estimate of drug-likeness (QED) is 0.683. The fourth-order valence-electron chi connectivity index (χ4n) is 2.10. The molecule has 3 rings (SSSR count). The number of pyridine rings is 1. The number of nitrogens with one attached hydrogen (secondary N) is 1. The van der Waals surface area contributed by atoms with Gasteiger partial charge in [0.15, 0.2) is 0 Å². The Balaban J connectivity index is 1.92. The summed E-state index contributed by atoms with van der Waals surface area (Å²) in [5.74, 6) is 0. The Hall–Kier alpha value is -1.98. The first-order valence-electron chi connectivity index (χ1n) is 6.34. The van der Waals surface area contributed by atoms with Gasteiger partial charge in [-0.25, -0.2) is 0 Å². The Morgan fingerprint density at radius 2 is 1.71 bits per heavy atom. The lowest BCUT2D eigenvalue weighted by atomic mass is 10.1. The number of aromatic nitrogens is 1. The minimum Gasteiger partial charge on any atom is -0.388 e. The molecular weight excluding hydrogens is 346 g/mol. The maximum Gasteiger partial charge on any atom is 0.122 e. The van der Waals surface area contributed by atoms with Gasteiger partial charge in [-0.05, 0) is 47.2 Å². The number of rotatable bonds is 3. The number of hydrogen-bond donors (Lipinski definition) is 2. The third-order valence-corrected chi connectivity index (χ3v) is 3.81. The molecule has 0 aliphatic carbocycles. The van der Waals surface area contributed by atoms with Crippen molar-refractivity contribution >= 4 is 55.3 Å². The highest BCUT2D eigenvalue weighted by atomic mass is 79.9. The monoisotopic (exact) mass is 357 g/mol. The zero-order valence-electron chi connectivity index (χ0n) is 11.0. The highest BCUT2D eigenvalue weighted by molar-refractivity contribution is 9.10. The molecule has 3 N–H and O–H groups in total. The summed E-state index contributed by atoms with van der Waals surface area (Å²) in [5, 5.41) is 5.70. The lowest BCUT2D eigenvalue weighted by Gasteiger charge is -2.09. The van der Waals surface area contributed by atoms with E-state index < -0.39 is 0 Å². The molecule has 0 aliphatic rings. The van der Waals surface area contributed by atoms with Crippen LogP contribution in [0, 0.1) is 0 Å². The van der Waals surface area contributed by atoms with Crippen LogP contribution in [0.5, 0.6) is 0 Å². The summed E-state index contributed by atoms with van der Waals surface area (Å²) in [6, 6.07) is 16.1. The Morgan fingerprint density at radius 1 is 1.00 bits per heavy atom. The van der Waals surface area contributed by atoms with Crippen molar-refractivity contribution in [3.8, 4) is 0 Å². The van der Waals surface area contributed by atoms with Crippen LogP contribution in [-0.2, 0) is 0 Å². The van der Waals surface area contributed by atoms with Crippen molar-refractivity contribution in [3.63, 3.8) is 0 Å². The molecule has 0 unspecified atom stereocenters. The van der Waals surface area contributed by atoms with Crippen molar-refractivity contribution in [3.05, 3.63) is 64.9 Å². The molecule has 0 atom stereocenters. The summed E-state index contributed by atoms with van der Waals surface area (Å²) in [5.41, 5.74) is 8.12. The highest BCUT2D eigenvalue weighted by Crippen LogP contribution is 2.25. The summed E-state index contributed by atoms with van der Waals surface area (Å²) >= 11 is 8.42. The molecule has 1 aromatic heterocycles. The summed E-state index contributed by atoms with van der Waals surface area (Å²) in [6.07, 6.45) is 1.69. The number of anilines is 2. The SMILES string of the molecule is NC(=S)c1cc(Nc2ccc3cc(Br)ccc3c2)ccn1. The predicted molar refractivity (Wildman–Crippen MR) is 95.1 cm³/mol. The van der Waals surface area contributed by atoms with Crippen molar-refractivity contribution in [2.24, 2.45) is 5.73 Å². The number of nitrogens with zero attached hydrogens (tertiary/aromatic N) is 1. The van der Waals surface area contributed by atoms with Crippen LogP contribution in [-0.4, -0.2) is 9.97 Å². The van der Waals surface area contributed by atoms with Gasteiger partial charge in [0.2, 0.25) is 0 Å². The Kier molecular flexibility index (Phi) is 3.86. The first-order chi connectivity index (χ1) is 10.1. The predicted octanol–water partition coefficient (Wildman–Crippen LogP) is 4.38. The van der Waals surface area contributed by atoms with E-state index in [1.165, 1.54) is 10.8 Å². The van der Waals surface area contributed by atoms with Gasteiger partial charge >= 0.3 is 0 Å². The second-order valence-electron chi connectivity index (χ2n) is 4.63. The normalized spacial score (nSPS) is 10.5. The maximum absolute atomic E-state index is 5.60. The van der Waals surface area contributed by atoms with Gasteiger partial charge in [-0.2, -0.15) is 0 Å². The average Bonchev–Trinajstić information content (AvgIpc) is 2.48. The first-order valence-corrected chi connectivity index (χ1v) is 7.54. The van der Waals surface area contributed by atoms with Crippen LogP contribution < -0.4 is 11.1 Å². The number of benzene rings is 2. The molecule has 5 heteroatoms. The van der Waals surface area contributed by atoms with E-state index in [0.717, 1.165) is 15.8 Å². The highest BCUT2D eigenvalue weighted by Gasteiger charge is 2.02. The van der Waals surface area contributed by atoms with Gasteiger partial charge in [0.25, 0.3) is 0 Å². The molecule has 0 saturated heterocycles. The van der Waals surface area contributed by atoms with Crippen LogP contribution in [0.25, 0.3) is 10.8 Å². The van der Waals surface area contributed by atoms with E-state index in [1.54, 1.807) is 6.20 Å². The molecule has 3 nitrogen and oxygen atoms in total. The van der Waals surface area contributed by atoms with Gasteiger partial charge in [0.1, 0.15) is 4.99 Å². The van der Waals surface area contributed by atoms with Crippen molar-refractivity contribution in [1.82, 2.24) is 4.98 Å². The minimum absolute atomic E-state index is 0.294. The molecule has 1 heterocycles. The Morgan fingerprint density at radius 3 is 2.52 bits per heavy atom. The molecule has 0 spiro atoms. The molecule has 0 amide bonds. The van der Waals surface area contributed by atoms with Crippen LogP contribution in [0.4, 0.5) is 11.4 Å². The van der Waals surface area contributed by atoms with E-state index in [9.17, 15) is 0 Å². The number of halogens is 1. The van der Waals surface area contributed by atoms with E-state index in [0.29, 0.717) is 10.7 Å². The van der Waals surface area contributed by atoms with Crippen molar-refractivity contribution < 1.29 is 0 Å². The summed E-state index contributed by atoms with van der Waals surface area (Å²) in [6.45, 7) is 0. The van der Waals surface area contributed by atoms with Gasteiger partial charge in [-0.1, -0.05) is 40.3 Å². The van der Waals surface area contributed by atoms with Crippen molar-refractivity contribution in [1.29, 1.82) is 0 Å². The molecule has 2 aromatic carbocycles. The molecule has 21 heavy (non-hydrogen) atoms. The van der Waals surface area contributed by atoms with Crippen LogP contribution in [0.15, 0.2) is 59.2 Å². The first kappa shape index (κ1) is 14.0. The second kappa shape index (κ2) is 5.79. The fraction of sp³-hybridized carbons (Fsp3) is 0. The largest absolute Gasteiger partial charge is 0.388 e. The molecule has 104 valence electrons. The average molecular weight is 358 g/mol. The Labute approximate surface area is 136 Å². The third-order valence-electron chi connectivity index (χ3n) is 3.10. The standard InChI is InChI=1S/C16H12BrN3S/c17-12-3-1-11-8-13(4-2-10(11)7-12)20-14-5-6-19-15(9-14)16(18)21/h1-9H,(H2,18,21)(H,19,20). The lowest BCUT2D eigenvalue weighted by Crippen LogP contribution is -2.11. The molecule has 0 aliphatic heterocycles. The summed E-state index contributed by atoms with van der Waals surface area (Å²) in [7, 11) is 0. The number of fused-ring (bicyclic) bond motifs is 1. The maximum atomic E-state index is 5.60. The summed E-state index contributed by atoms with van der Waals surface area (Å²) in [4.78, 5) is 4.42. The zero-order valence-corrected chi connectivity index (χ0v) is 13.4. The van der Waals surface area contributed by atoms with E-state index in [2.05, 4.69) is 50.5 Å². The lowest BCUT2D eigenvalue weighted by molar-refractivity contribution is 1.29. The third kappa shape index (κ3) is 3.20. The minimum atomic E-state index is 0.294. The van der Waals surface area contributed by atoms with Crippen molar-refractivity contribution in [2.45, 2.75) is 0 Å². The van der Waals surface area contributed by atoms with Crippen LogP contribution in [0.3, 0.4) is 0 Å². The van der Waals surface area contributed by atoms with E-state index in [1.807, 2.05) is 24.3 Å². The number of nitrogens with two attached hydrogens (primary N) is 1. The molecule has 0 fully saturated rings. The molecule has 0 radical (unpaired) electrons. The van der Waals surface area contributed by atoms with E-state index in [4.69, 9.17) is 18.0 Å². The van der Waals surface area contributed by atoms with Gasteiger partial charge in [-0.15, -0.1) is 0 Å². The van der Waals surface area contributed by atoms with Gasteiger partial charge < -0.3 is 11.1 Å². The topological polar surface area (TPSA) is 50.9 Å². The fourth-order valence-corrected chi connectivity index (χ4v) is 2.59. The van der Waals surface area contributed by atoms with Gasteiger partial charge in [-0.3, -0.25) is 4.98 Å². The molecule has 3 aromatic rings. The van der Waals surface area contributed by atoms with Crippen LogP contribution >= 0.6 is 28.1 Å². The van der Waals surface area contributed by atoms with Gasteiger partial charge in [0.05, 0.1) is 5.69 Å². The number of thiocarbonyl (C=S) groups is 1. The van der Waals surface area contributed by atoms with E-state index in [-0.39, 0.29) is 0 Å². The second-order valence-corrected chi connectivity index (χ2v) is 5.98. The molecular formula is C16H12BrN3S. The van der Waals surface area contributed by atoms with Gasteiger partial charge in [0, 0.05) is 22.0 Å². The van der Waals surface area contributed by atoms with Crippen molar-refractivity contribution in [2.75, 3.05) is 5.32 Å². The van der Waals surface area contributed by atoms with E-state index >= 15 is 0 Å².